The van der Waals surface area contributed by atoms with E-state index in [1.807, 2.05) is 0 Å². The average molecular weight is 471 g/mol. The van der Waals surface area contributed by atoms with Crippen LogP contribution >= 0.6 is 31.9 Å². The van der Waals surface area contributed by atoms with E-state index in [0.29, 0.717) is 6.29 Å². The van der Waals surface area contributed by atoms with Crippen LogP contribution in [0.2, 0.25) is 0 Å². The van der Waals surface area contributed by atoms with Crippen LogP contribution < -0.4 is 5.32 Å². The minimum absolute atomic E-state index is 0.0145. The Bertz CT molecular complexity index is 540. The second-order valence-electron chi connectivity index (χ2n) is 4.81. The van der Waals surface area contributed by atoms with Crippen molar-refractivity contribution in [1.82, 2.24) is 10.2 Å². The summed E-state index contributed by atoms with van der Waals surface area (Å²) in [6.07, 6.45) is -0.962. The number of halogens is 2. The van der Waals surface area contributed by atoms with Crippen LogP contribution in [0.1, 0.15) is 6.42 Å². The van der Waals surface area contributed by atoms with Gasteiger partial charge in [-0.2, -0.15) is 0 Å². The topological polar surface area (TPSA) is 148 Å². The number of urea groups is 1. The van der Waals surface area contributed by atoms with E-state index in [-0.39, 0.29) is 12.0 Å². The van der Waals surface area contributed by atoms with Crippen molar-refractivity contribution in [3.63, 3.8) is 0 Å². The van der Waals surface area contributed by atoms with Crippen LogP contribution in [0.5, 0.6) is 0 Å². The molecule has 0 radical (unpaired) electrons. The van der Waals surface area contributed by atoms with Crippen molar-refractivity contribution in [1.29, 1.82) is 0 Å². The Hall–Kier alpha value is -1.17. The highest BCUT2D eigenvalue weighted by atomic mass is 79.9. The van der Waals surface area contributed by atoms with Crippen molar-refractivity contribution in [3.05, 3.63) is 22.2 Å². The van der Waals surface area contributed by atoms with Crippen LogP contribution in [-0.4, -0.2) is 69.3 Å². The highest BCUT2D eigenvalue weighted by molar-refractivity contribution is 9.24. The maximum Gasteiger partial charge on any atom is 0.323 e. The molecule has 1 heterocycles. The summed E-state index contributed by atoms with van der Waals surface area (Å²) in [5.41, 5.74) is 8.64. The number of hydrogen-bond acceptors (Lipinski definition) is 6. The van der Waals surface area contributed by atoms with Gasteiger partial charge in [0, 0.05) is 30.2 Å². The molecular formula is C12H17Br2N5O5. The first-order valence-electron chi connectivity index (χ1n) is 6.83. The van der Waals surface area contributed by atoms with Gasteiger partial charge in [-0.3, -0.25) is 9.69 Å². The van der Waals surface area contributed by atoms with E-state index in [9.17, 15) is 14.7 Å². The number of ether oxygens (including phenoxy) is 1. The third-order valence-electron chi connectivity index (χ3n) is 3.32. The Morgan fingerprint density at radius 3 is 2.71 bits per heavy atom. The van der Waals surface area contributed by atoms with Gasteiger partial charge in [-0.05, 0) is 5.53 Å². The third kappa shape index (κ3) is 5.16. The van der Waals surface area contributed by atoms with E-state index in [1.54, 1.807) is 0 Å². The van der Waals surface area contributed by atoms with Crippen LogP contribution in [-0.2, 0) is 9.53 Å². The smallest absolute Gasteiger partial charge is 0.323 e. The lowest BCUT2D eigenvalue weighted by Crippen LogP contribution is -2.42. The van der Waals surface area contributed by atoms with Gasteiger partial charge >= 0.3 is 6.03 Å². The van der Waals surface area contributed by atoms with E-state index >= 15 is 0 Å². The van der Waals surface area contributed by atoms with Gasteiger partial charge in [0.15, 0.2) is 0 Å². The van der Waals surface area contributed by atoms with Gasteiger partial charge in [0.1, 0.15) is 18.6 Å². The fourth-order valence-electron chi connectivity index (χ4n) is 2.11. The summed E-state index contributed by atoms with van der Waals surface area (Å²) in [4.78, 5) is 27.2. The lowest BCUT2D eigenvalue weighted by Gasteiger charge is -2.26. The standard InChI is InChI=1S/C12H17Br2N5O5/c1-16-12(23)19(9-2-7(22)8(5-21)24-9)3-6(4-20)10(11(13)14)17-18-15/h3-4,7-11,21-22H,2,5H2,1H3,(H,16,23)/b6-3+/t7-,8+,9+,10+/m0/s1. The van der Waals surface area contributed by atoms with Crippen molar-refractivity contribution >= 4 is 44.2 Å². The fraction of sp³-hybridized carbons (Fsp3) is 0.667. The van der Waals surface area contributed by atoms with Crippen LogP contribution in [0.4, 0.5) is 4.79 Å². The Labute approximate surface area is 154 Å². The first-order chi connectivity index (χ1) is 11.4. The molecule has 24 heavy (non-hydrogen) atoms. The molecule has 0 spiro atoms. The molecule has 3 N–H and O–H groups in total. The van der Waals surface area contributed by atoms with E-state index in [4.69, 9.17) is 15.4 Å². The number of nitrogens with zero attached hydrogens (tertiary/aromatic N) is 4. The van der Waals surface area contributed by atoms with Crippen LogP contribution in [0.25, 0.3) is 10.4 Å². The predicted molar refractivity (Wildman–Crippen MR) is 91.4 cm³/mol. The molecule has 2 amide bonds. The second-order valence-corrected chi connectivity index (χ2v) is 8.01. The number of hydrogen-bond donors (Lipinski definition) is 3. The van der Waals surface area contributed by atoms with Crippen LogP contribution in [0.15, 0.2) is 16.9 Å². The Balaban J connectivity index is 3.17. The van der Waals surface area contributed by atoms with Crippen molar-refractivity contribution in [3.8, 4) is 0 Å². The molecule has 0 aromatic rings. The van der Waals surface area contributed by atoms with Gasteiger partial charge in [0.2, 0.25) is 0 Å². The van der Waals surface area contributed by atoms with Crippen LogP contribution in [0, 0.1) is 0 Å². The number of carbonyl (C=O) groups is 2. The number of azide groups is 1. The lowest BCUT2D eigenvalue weighted by atomic mass is 10.1. The van der Waals surface area contributed by atoms with Gasteiger partial charge in [-0.1, -0.05) is 37.0 Å². The van der Waals surface area contributed by atoms with Crippen molar-refractivity contribution in [2.45, 2.75) is 34.6 Å². The molecule has 0 aromatic carbocycles. The molecular weight excluding hydrogens is 454 g/mol. The van der Waals surface area contributed by atoms with Gasteiger partial charge in [0.05, 0.1) is 22.5 Å². The molecule has 0 unspecified atom stereocenters. The van der Waals surface area contributed by atoms with Gasteiger partial charge in [-0.25, -0.2) is 4.79 Å². The summed E-state index contributed by atoms with van der Waals surface area (Å²) in [5.74, 6) is 0. The highest BCUT2D eigenvalue weighted by Crippen LogP contribution is 2.27. The number of nitrogens with one attached hydrogen (secondary N) is 1. The molecule has 134 valence electrons. The monoisotopic (exact) mass is 469 g/mol. The summed E-state index contributed by atoms with van der Waals surface area (Å²) >= 11 is 6.34. The highest BCUT2D eigenvalue weighted by Gasteiger charge is 2.38. The first-order valence-corrected chi connectivity index (χ1v) is 8.66. The Morgan fingerprint density at radius 1 is 1.62 bits per heavy atom. The van der Waals surface area contributed by atoms with E-state index in [1.165, 1.54) is 13.2 Å². The van der Waals surface area contributed by atoms with Gasteiger partial charge in [-0.15, -0.1) is 0 Å². The number of rotatable bonds is 7. The number of alkyl halides is 2. The lowest BCUT2D eigenvalue weighted by molar-refractivity contribution is -0.105. The quantitative estimate of drug-likeness (QED) is 0.126. The van der Waals surface area contributed by atoms with Crippen molar-refractivity contribution in [2.24, 2.45) is 5.11 Å². The molecule has 1 saturated heterocycles. The summed E-state index contributed by atoms with van der Waals surface area (Å²) < 4.78 is 4.89. The summed E-state index contributed by atoms with van der Waals surface area (Å²) in [6.45, 7) is -0.407. The maximum atomic E-state index is 12.1. The van der Waals surface area contributed by atoms with E-state index in [2.05, 4.69) is 47.2 Å². The number of aldehydes is 1. The number of aliphatic hydroxyl groups excluding tert-OH is 2. The zero-order valence-corrected chi connectivity index (χ0v) is 15.8. The number of carbonyl (C=O) groups excluding carboxylic acids is 2. The van der Waals surface area contributed by atoms with E-state index in [0.717, 1.165) is 4.90 Å². The zero-order chi connectivity index (χ0) is 18.3. The molecule has 1 rings (SSSR count). The van der Waals surface area contributed by atoms with Gasteiger partial charge < -0.3 is 20.3 Å². The van der Waals surface area contributed by atoms with Crippen molar-refractivity contribution in [2.75, 3.05) is 13.7 Å². The van der Waals surface area contributed by atoms with Gasteiger partial charge in [0.25, 0.3) is 0 Å². The molecule has 0 aromatic heterocycles. The molecule has 4 atom stereocenters. The summed E-state index contributed by atoms with van der Waals surface area (Å²) in [7, 11) is 1.39. The number of aliphatic hydroxyl groups is 2. The zero-order valence-electron chi connectivity index (χ0n) is 12.6. The summed E-state index contributed by atoms with van der Waals surface area (Å²) in [6, 6.07) is -1.51. The first kappa shape index (κ1) is 20.9. The summed E-state index contributed by atoms with van der Waals surface area (Å²) in [5, 5.41) is 24.9. The molecule has 0 bridgehead atoms. The Kier molecular flexibility index (Phi) is 8.67. The molecule has 1 aliphatic heterocycles. The third-order valence-corrected chi connectivity index (χ3v) is 4.32. The fourth-order valence-corrected chi connectivity index (χ4v) is 2.93. The normalized spacial score (nSPS) is 25.1. The van der Waals surface area contributed by atoms with Crippen molar-refractivity contribution < 1.29 is 24.5 Å². The largest absolute Gasteiger partial charge is 0.394 e. The minimum atomic E-state index is -0.951. The molecule has 12 heteroatoms. The average Bonchev–Trinajstić information content (AvgIpc) is 2.94. The molecule has 1 aliphatic rings. The van der Waals surface area contributed by atoms with E-state index < -0.39 is 40.9 Å². The molecule has 0 saturated carbocycles. The molecule has 1 fully saturated rings. The minimum Gasteiger partial charge on any atom is -0.394 e. The molecule has 10 nitrogen and oxygen atoms in total. The van der Waals surface area contributed by atoms with Crippen LogP contribution in [0.3, 0.4) is 0 Å². The predicted octanol–water partition coefficient (Wildman–Crippen LogP) is 0.974. The molecule has 0 aliphatic carbocycles. The number of amides is 2. The Morgan fingerprint density at radius 2 is 2.29 bits per heavy atom. The maximum absolute atomic E-state index is 12.1. The second kappa shape index (κ2) is 9.97. The SMILES string of the molecule is CNC(=O)N(/C=C(\C=O)[C@@H](N=[N+]=[N-])C(Br)Br)[C@H]1C[C@H](O)[C@@H](CO)O1.